The third-order valence-corrected chi connectivity index (χ3v) is 6.93. The quantitative estimate of drug-likeness (QED) is 0.0747. The van der Waals surface area contributed by atoms with E-state index >= 15 is 0 Å². The summed E-state index contributed by atoms with van der Waals surface area (Å²) in [6.45, 7) is 4.51. The third kappa shape index (κ3) is 27.7. The molecule has 0 heterocycles. The van der Waals surface area contributed by atoms with Crippen LogP contribution in [0.25, 0.3) is 0 Å². The lowest BCUT2D eigenvalue weighted by atomic mass is 9.99. The number of unbranched alkanes of at least 4 members (excludes halogenated alkanes) is 19. The van der Waals surface area contributed by atoms with Crippen LogP contribution < -0.4 is 0 Å². The van der Waals surface area contributed by atoms with E-state index in [9.17, 15) is 8.42 Å². The van der Waals surface area contributed by atoms with Gasteiger partial charge in [-0.05, 0) is 19.3 Å². The molecule has 0 aliphatic heterocycles. The van der Waals surface area contributed by atoms with Crippen LogP contribution in [0.1, 0.15) is 155 Å². The number of rotatable bonds is 26. The fourth-order valence-electron chi connectivity index (χ4n) is 4.34. The monoisotopic (exact) mass is 488 g/mol. The van der Waals surface area contributed by atoms with Gasteiger partial charge >= 0.3 is 10.4 Å². The molecule has 1 unspecified atom stereocenters. The van der Waals surface area contributed by atoms with Crippen molar-refractivity contribution in [3.63, 3.8) is 0 Å². The minimum atomic E-state index is -4.35. The molecule has 0 spiro atoms. The molecule has 4 nitrogen and oxygen atoms in total. The number of hydrogen-bond donors (Lipinski definition) is 1. The lowest BCUT2D eigenvalue weighted by Crippen LogP contribution is -2.12. The number of hydrogen-bond acceptors (Lipinski definition) is 3. The van der Waals surface area contributed by atoms with Crippen molar-refractivity contribution in [3.05, 3.63) is 12.2 Å². The van der Waals surface area contributed by atoms with Gasteiger partial charge in [-0.1, -0.05) is 148 Å². The van der Waals surface area contributed by atoms with Crippen molar-refractivity contribution in [2.24, 2.45) is 5.92 Å². The molecule has 33 heavy (non-hydrogen) atoms. The molecule has 0 rings (SSSR count). The van der Waals surface area contributed by atoms with Crippen LogP contribution in [-0.2, 0) is 14.6 Å². The highest BCUT2D eigenvalue weighted by Gasteiger charge is 2.11. The largest absolute Gasteiger partial charge is 0.397 e. The van der Waals surface area contributed by atoms with E-state index in [0.717, 1.165) is 25.7 Å². The van der Waals surface area contributed by atoms with Gasteiger partial charge in [-0.2, -0.15) is 8.42 Å². The first kappa shape index (κ1) is 32.6. The maximum Gasteiger partial charge on any atom is 0.397 e. The third-order valence-electron chi connectivity index (χ3n) is 6.49. The highest BCUT2D eigenvalue weighted by atomic mass is 32.3. The Hall–Kier alpha value is -0.390. The van der Waals surface area contributed by atoms with E-state index in [1.165, 1.54) is 116 Å². The van der Waals surface area contributed by atoms with Crippen LogP contribution in [-0.4, -0.2) is 19.6 Å². The van der Waals surface area contributed by atoms with Gasteiger partial charge in [0.15, 0.2) is 0 Å². The van der Waals surface area contributed by atoms with Gasteiger partial charge in [0.2, 0.25) is 0 Å². The molecule has 0 saturated carbocycles. The van der Waals surface area contributed by atoms with Crippen molar-refractivity contribution in [1.82, 2.24) is 0 Å². The normalized spacial score (nSPS) is 13.2. The van der Waals surface area contributed by atoms with E-state index < -0.39 is 10.4 Å². The Morgan fingerprint density at radius 3 is 1.45 bits per heavy atom. The first-order valence-corrected chi connectivity index (χ1v) is 15.6. The molecule has 0 aromatic carbocycles. The lowest BCUT2D eigenvalue weighted by Gasteiger charge is -2.12. The standard InChI is InChI=1S/C28H56O4S/c1-3-5-7-9-10-11-12-13-14-15-16-17-18-19-20-22-24-26-28(27-32-33(29,30)31)25-23-21-8-6-4-2/h23,25,28H,3-22,24,26-27H2,1-2H3,(H,29,30,31)/b25-23+. The second-order valence-corrected chi connectivity index (χ2v) is 10.9. The smallest absolute Gasteiger partial charge is 0.264 e. The summed E-state index contributed by atoms with van der Waals surface area (Å²) in [4.78, 5) is 0. The Bertz CT molecular complexity index is 516. The average Bonchev–Trinajstić information content (AvgIpc) is 2.78. The Morgan fingerprint density at radius 1 is 0.636 bits per heavy atom. The molecule has 0 saturated heterocycles. The first-order chi connectivity index (χ1) is 16.0. The molecule has 0 amide bonds. The summed E-state index contributed by atoms with van der Waals surface area (Å²) in [7, 11) is -4.35. The van der Waals surface area contributed by atoms with Gasteiger partial charge in [-0.15, -0.1) is 0 Å². The summed E-state index contributed by atoms with van der Waals surface area (Å²) in [5.41, 5.74) is 0. The molecule has 0 aliphatic rings. The molecule has 0 aromatic heterocycles. The maximum atomic E-state index is 10.9. The highest BCUT2D eigenvalue weighted by molar-refractivity contribution is 7.80. The molecule has 0 aromatic rings. The summed E-state index contributed by atoms with van der Waals surface area (Å²) >= 11 is 0. The van der Waals surface area contributed by atoms with Crippen LogP contribution in [0.5, 0.6) is 0 Å². The molecule has 0 aliphatic carbocycles. The first-order valence-electron chi connectivity index (χ1n) is 14.3. The van der Waals surface area contributed by atoms with E-state index in [0.29, 0.717) is 0 Å². The highest BCUT2D eigenvalue weighted by Crippen LogP contribution is 2.17. The summed E-state index contributed by atoms with van der Waals surface area (Å²) in [5, 5.41) is 0. The van der Waals surface area contributed by atoms with Gasteiger partial charge in [0.1, 0.15) is 0 Å². The molecule has 198 valence electrons. The van der Waals surface area contributed by atoms with E-state index in [4.69, 9.17) is 4.55 Å². The van der Waals surface area contributed by atoms with Crippen molar-refractivity contribution >= 4 is 10.4 Å². The Balaban J connectivity index is 3.61. The van der Waals surface area contributed by atoms with Gasteiger partial charge in [0.05, 0.1) is 6.61 Å². The summed E-state index contributed by atoms with van der Waals surface area (Å²) in [6, 6.07) is 0. The van der Waals surface area contributed by atoms with E-state index in [-0.39, 0.29) is 12.5 Å². The molecule has 5 heteroatoms. The Labute approximate surface area is 207 Å². The van der Waals surface area contributed by atoms with E-state index in [2.05, 4.69) is 30.2 Å². The topological polar surface area (TPSA) is 63.6 Å². The van der Waals surface area contributed by atoms with Gasteiger partial charge in [0, 0.05) is 5.92 Å². The summed E-state index contributed by atoms with van der Waals surface area (Å²) in [6.07, 6.45) is 32.8. The molecule has 0 fully saturated rings. The fraction of sp³-hybridized carbons (Fsp3) is 0.929. The molecule has 1 atom stereocenters. The van der Waals surface area contributed by atoms with E-state index in [1.54, 1.807) is 0 Å². The minimum absolute atomic E-state index is 0.0436. The summed E-state index contributed by atoms with van der Waals surface area (Å²) < 4.78 is 35.3. The maximum absolute atomic E-state index is 10.9. The molecule has 1 N–H and O–H groups in total. The predicted octanol–water partition coefficient (Wildman–Crippen LogP) is 9.60. The zero-order valence-corrected chi connectivity index (χ0v) is 22.9. The Morgan fingerprint density at radius 2 is 1.03 bits per heavy atom. The average molecular weight is 489 g/mol. The van der Waals surface area contributed by atoms with Crippen LogP contribution in [0.2, 0.25) is 0 Å². The van der Waals surface area contributed by atoms with Crippen LogP contribution >= 0.6 is 0 Å². The minimum Gasteiger partial charge on any atom is -0.264 e. The molecular formula is C28H56O4S. The van der Waals surface area contributed by atoms with Crippen molar-refractivity contribution in [1.29, 1.82) is 0 Å². The van der Waals surface area contributed by atoms with Crippen LogP contribution in [0.4, 0.5) is 0 Å². The van der Waals surface area contributed by atoms with Crippen molar-refractivity contribution in [2.45, 2.75) is 155 Å². The van der Waals surface area contributed by atoms with Crippen molar-refractivity contribution in [2.75, 3.05) is 6.61 Å². The van der Waals surface area contributed by atoms with Crippen molar-refractivity contribution < 1.29 is 17.2 Å². The molecular weight excluding hydrogens is 432 g/mol. The van der Waals surface area contributed by atoms with Gasteiger partial charge in [0.25, 0.3) is 0 Å². The van der Waals surface area contributed by atoms with Crippen molar-refractivity contribution in [3.8, 4) is 0 Å². The lowest BCUT2D eigenvalue weighted by molar-refractivity contribution is 0.234. The van der Waals surface area contributed by atoms with Crippen LogP contribution in [0.3, 0.4) is 0 Å². The fourth-order valence-corrected chi connectivity index (χ4v) is 4.69. The second kappa shape index (κ2) is 24.7. The van der Waals surface area contributed by atoms with Gasteiger partial charge < -0.3 is 0 Å². The zero-order valence-electron chi connectivity index (χ0n) is 22.1. The van der Waals surface area contributed by atoms with Crippen LogP contribution in [0.15, 0.2) is 12.2 Å². The molecule has 0 bridgehead atoms. The Kier molecular flexibility index (Phi) is 24.4. The van der Waals surface area contributed by atoms with E-state index in [1.807, 2.05) is 0 Å². The summed E-state index contributed by atoms with van der Waals surface area (Å²) in [5.74, 6) is 0.0601. The van der Waals surface area contributed by atoms with Gasteiger partial charge in [-0.25, -0.2) is 4.18 Å². The second-order valence-electron chi connectivity index (χ2n) is 9.84. The molecule has 0 radical (unpaired) electrons. The SMILES string of the molecule is CCCCC/C=C/C(CCCCCCCCCCCCCCCCCCC)COS(=O)(=O)O. The zero-order chi connectivity index (χ0) is 24.5. The predicted molar refractivity (Wildman–Crippen MR) is 143 cm³/mol. The number of allylic oxidation sites excluding steroid dienone is 1. The van der Waals surface area contributed by atoms with Crippen LogP contribution in [0, 0.1) is 5.92 Å². The van der Waals surface area contributed by atoms with Gasteiger partial charge in [-0.3, -0.25) is 4.55 Å².